The lowest BCUT2D eigenvalue weighted by molar-refractivity contribution is 0.1000. The molecule has 0 aromatic heterocycles. The van der Waals surface area contributed by atoms with Gasteiger partial charge in [-0.2, -0.15) is 4.31 Å². The van der Waals surface area contributed by atoms with Crippen molar-refractivity contribution in [3.63, 3.8) is 0 Å². The van der Waals surface area contributed by atoms with Crippen molar-refractivity contribution >= 4 is 27.5 Å². The Bertz CT molecular complexity index is 676. The molecule has 2 unspecified atom stereocenters. The molecule has 2 rings (SSSR count). The van der Waals surface area contributed by atoms with Crippen LogP contribution in [0.4, 0.5) is 0 Å². The molecular weight excluding hydrogens is 326 g/mol. The number of primary amides is 1. The Morgan fingerprint density at radius 3 is 2.64 bits per heavy atom. The number of nitrogens with zero attached hydrogens (tertiary/aromatic N) is 1. The van der Waals surface area contributed by atoms with Gasteiger partial charge in [0.05, 0.1) is 4.90 Å². The smallest absolute Gasteiger partial charge is 0.248 e. The summed E-state index contributed by atoms with van der Waals surface area (Å²) in [4.78, 5) is 11.3. The Labute approximate surface area is 135 Å². The lowest BCUT2D eigenvalue weighted by Crippen LogP contribution is -2.51. The Kier molecular flexibility index (Phi) is 5.11. The van der Waals surface area contributed by atoms with E-state index in [1.165, 1.54) is 22.5 Å². The summed E-state index contributed by atoms with van der Waals surface area (Å²) in [5, 5.41) is 0.157. The third-order valence-corrected chi connectivity index (χ3v) is 5.99. The average Bonchev–Trinajstić information content (AvgIpc) is 2.46. The summed E-state index contributed by atoms with van der Waals surface area (Å²) >= 11 is 5.92. The van der Waals surface area contributed by atoms with E-state index in [1.54, 1.807) is 6.92 Å². The normalized spacial score (nSPS) is 21.5. The van der Waals surface area contributed by atoms with Crippen molar-refractivity contribution < 1.29 is 13.2 Å². The van der Waals surface area contributed by atoms with Crippen LogP contribution < -0.4 is 11.5 Å². The van der Waals surface area contributed by atoms with Crippen molar-refractivity contribution in [1.29, 1.82) is 0 Å². The van der Waals surface area contributed by atoms with Crippen LogP contribution in [0.1, 0.15) is 36.5 Å². The highest BCUT2D eigenvalue weighted by Gasteiger charge is 2.35. The molecule has 1 amide bonds. The minimum atomic E-state index is -3.77. The molecule has 1 fully saturated rings. The largest absolute Gasteiger partial charge is 0.366 e. The van der Waals surface area contributed by atoms with Crippen LogP contribution in [-0.4, -0.2) is 37.3 Å². The number of benzene rings is 1. The van der Waals surface area contributed by atoms with Gasteiger partial charge in [0.2, 0.25) is 15.9 Å². The fraction of sp³-hybridized carbons (Fsp3) is 0.500. The molecule has 1 aromatic carbocycles. The first kappa shape index (κ1) is 17.2. The van der Waals surface area contributed by atoms with Gasteiger partial charge in [-0.3, -0.25) is 4.79 Å². The van der Waals surface area contributed by atoms with Crippen LogP contribution in [0.2, 0.25) is 5.02 Å². The van der Waals surface area contributed by atoms with Gasteiger partial charge in [0.15, 0.2) is 0 Å². The maximum Gasteiger partial charge on any atom is 0.248 e. The van der Waals surface area contributed by atoms with Gasteiger partial charge in [-0.15, -0.1) is 0 Å². The minimum Gasteiger partial charge on any atom is -0.366 e. The number of hydrogen-bond donors (Lipinski definition) is 2. The summed E-state index contributed by atoms with van der Waals surface area (Å²) in [6.45, 7) is 2.21. The number of piperidine rings is 1. The van der Waals surface area contributed by atoms with Crippen LogP contribution in [0, 0.1) is 0 Å². The molecule has 22 heavy (non-hydrogen) atoms. The van der Waals surface area contributed by atoms with E-state index in [2.05, 4.69) is 0 Å². The van der Waals surface area contributed by atoms with Crippen molar-refractivity contribution in [2.75, 3.05) is 6.54 Å². The van der Waals surface area contributed by atoms with E-state index in [-0.39, 0.29) is 27.6 Å². The molecule has 1 aliphatic rings. The van der Waals surface area contributed by atoms with Gasteiger partial charge in [0.25, 0.3) is 0 Å². The highest BCUT2D eigenvalue weighted by atomic mass is 35.5. The van der Waals surface area contributed by atoms with Gasteiger partial charge in [0, 0.05) is 29.2 Å². The van der Waals surface area contributed by atoms with E-state index in [4.69, 9.17) is 23.1 Å². The first-order valence-corrected chi connectivity index (χ1v) is 8.93. The van der Waals surface area contributed by atoms with Gasteiger partial charge >= 0.3 is 0 Å². The molecule has 1 saturated heterocycles. The maximum absolute atomic E-state index is 12.9. The topological polar surface area (TPSA) is 106 Å². The molecule has 122 valence electrons. The van der Waals surface area contributed by atoms with Crippen LogP contribution in [0.3, 0.4) is 0 Å². The third kappa shape index (κ3) is 3.43. The quantitative estimate of drug-likeness (QED) is 0.858. The zero-order chi connectivity index (χ0) is 16.5. The van der Waals surface area contributed by atoms with Gasteiger partial charge in [0.1, 0.15) is 0 Å². The summed E-state index contributed by atoms with van der Waals surface area (Å²) in [7, 11) is -3.77. The van der Waals surface area contributed by atoms with E-state index in [0.717, 1.165) is 19.3 Å². The number of sulfonamides is 1. The highest BCUT2D eigenvalue weighted by Crippen LogP contribution is 2.28. The Hall–Kier alpha value is -1.15. The van der Waals surface area contributed by atoms with Crippen LogP contribution in [-0.2, 0) is 10.0 Å². The van der Waals surface area contributed by atoms with Crippen molar-refractivity contribution in [2.45, 2.75) is 43.2 Å². The standard InChI is InChI=1S/C14H20ClN3O3S/c1-9(16)13-4-2-3-5-18(13)22(20,21)12-7-10(14(17)19)6-11(15)8-12/h6-9,13H,2-5,16H2,1H3,(H2,17,19). The number of hydrogen-bond acceptors (Lipinski definition) is 4. The molecule has 0 aliphatic carbocycles. The molecule has 0 spiro atoms. The number of rotatable bonds is 4. The second-order valence-electron chi connectivity index (χ2n) is 5.58. The molecule has 8 heteroatoms. The van der Waals surface area contributed by atoms with E-state index >= 15 is 0 Å². The number of carbonyl (C=O) groups excluding carboxylic acids is 1. The second kappa shape index (κ2) is 6.54. The van der Waals surface area contributed by atoms with Crippen molar-refractivity contribution in [2.24, 2.45) is 11.5 Å². The number of carbonyl (C=O) groups is 1. The molecule has 2 atom stereocenters. The lowest BCUT2D eigenvalue weighted by Gasteiger charge is -2.36. The van der Waals surface area contributed by atoms with E-state index in [9.17, 15) is 13.2 Å². The molecule has 1 aliphatic heterocycles. The molecule has 0 saturated carbocycles. The number of halogens is 1. The van der Waals surface area contributed by atoms with Crippen LogP contribution >= 0.6 is 11.6 Å². The molecule has 0 bridgehead atoms. The highest BCUT2D eigenvalue weighted by molar-refractivity contribution is 7.89. The molecule has 0 radical (unpaired) electrons. The summed E-state index contributed by atoms with van der Waals surface area (Å²) in [6.07, 6.45) is 2.45. The van der Waals surface area contributed by atoms with Crippen molar-refractivity contribution in [1.82, 2.24) is 4.31 Å². The first-order chi connectivity index (χ1) is 10.2. The van der Waals surface area contributed by atoms with Gasteiger partial charge in [-0.05, 0) is 38.0 Å². The monoisotopic (exact) mass is 345 g/mol. The molecule has 4 N–H and O–H groups in total. The first-order valence-electron chi connectivity index (χ1n) is 7.11. The molecule has 1 aromatic rings. The van der Waals surface area contributed by atoms with Gasteiger partial charge < -0.3 is 11.5 Å². The van der Waals surface area contributed by atoms with E-state index in [1.807, 2.05) is 0 Å². The lowest BCUT2D eigenvalue weighted by atomic mass is 10.00. The van der Waals surface area contributed by atoms with Gasteiger partial charge in [-0.25, -0.2) is 8.42 Å². The predicted octanol–water partition coefficient (Wildman–Crippen LogP) is 1.33. The van der Waals surface area contributed by atoms with Gasteiger partial charge in [-0.1, -0.05) is 18.0 Å². The Morgan fingerprint density at radius 1 is 1.36 bits per heavy atom. The number of nitrogens with two attached hydrogens (primary N) is 2. The fourth-order valence-electron chi connectivity index (χ4n) is 2.74. The Balaban J connectivity index is 2.47. The van der Waals surface area contributed by atoms with Crippen LogP contribution in [0.5, 0.6) is 0 Å². The van der Waals surface area contributed by atoms with Crippen LogP contribution in [0.25, 0.3) is 0 Å². The second-order valence-corrected chi connectivity index (χ2v) is 7.90. The van der Waals surface area contributed by atoms with Crippen molar-refractivity contribution in [3.05, 3.63) is 28.8 Å². The molecular formula is C14H20ClN3O3S. The molecule has 6 nitrogen and oxygen atoms in total. The Morgan fingerprint density at radius 2 is 2.05 bits per heavy atom. The summed E-state index contributed by atoms with van der Waals surface area (Å²) in [5.41, 5.74) is 11.2. The number of amides is 1. The summed E-state index contributed by atoms with van der Waals surface area (Å²) < 4.78 is 27.2. The predicted molar refractivity (Wildman–Crippen MR) is 85.2 cm³/mol. The molecule has 1 heterocycles. The van der Waals surface area contributed by atoms with Crippen LogP contribution in [0.15, 0.2) is 23.1 Å². The third-order valence-electron chi connectivity index (χ3n) is 3.87. The summed E-state index contributed by atoms with van der Waals surface area (Å²) in [6, 6.07) is 3.41. The zero-order valence-electron chi connectivity index (χ0n) is 12.3. The zero-order valence-corrected chi connectivity index (χ0v) is 13.9. The maximum atomic E-state index is 12.9. The van der Waals surface area contributed by atoms with E-state index < -0.39 is 15.9 Å². The van der Waals surface area contributed by atoms with E-state index in [0.29, 0.717) is 6.54 Å². The fourth-order valence-corrected chi connectivity index (χ4v) is 4.89. The minimum absolute atomic E-state index is 0.0265. The summed E-state index contributed by atoms with van der Waals surface area (Å²) in [5.74, 6) is -0.721. The van der Waals surface area contributed by atoms with Crippen molar-refractivity contribution in [3.8, 4) is 0 Å². The average molecular weight is 346 g/mol. The SMILES string of the molecule is CC(N)C1CCCCN1S(=O)(=O)c1cc(Cl)cc(C(N)=O)c1.